The van der Waals surface area contributed by atoms with Crippen LogP contribution in [0, 0.1) is 0 Å². The number of nitrogens with one attached hydrogen (secondary N) is 1. The Morgan fingerprint density at radius 3 is 3.11 bits per heavy atom. The summed E-state index contributed by atoms with van der Waals surface area (Å²) in [4.78, 5) is 37.5. The zero-order valence-electron chi connectivity index (χ0n) is 9.45. The van der Waals surface area contributed by atoms with Gasteiger partial charge in [-0.15, -0.1) is 4.73 Å². The van der Waals surface area contributed by atoms with Gasteiger partial charge in [0.25, 0.3) is 5.56 Å². The van der Waals surface area contributed by atoms with Crippen molar-refractivity contribution in [2.24, 2.45) is 0 Å². The highest BCUT2D eigenvalue weighted by Crippen LogP contribution is 2.05. The van der Waals surface area contributed by atoms with Crippen LogP contribution >= 0.6 is 0 Å². The number of aliphatic hydroxyl groups is 1. The molecular formula is C9H11N5O4. The van der Waals surface area contributed by atoms with Crippen molar-refractivity contribution in [2.45, 2.75) is 19.4 Å². The Kier molecular flexibility index (Phi) is 2.98. The third-order valence-corrected chi connectivity index (χ3v) is 2.06. The van der Waals surface area contributed by atoms with Gasteiger partial charge in [0.2, 0.25) is 11.6 Å². The van der Waals surface area contributed by atoms with E-state index in [9.17, 15) is 9.59 Å². The van der Waals surface area contributed by atoms with Crippen LogP contribution < -0.4 is 16.1 Å². The van der Waals surface area contributed by atoms with E-state index in [1.54, 1.807) is 0 Å². The summed E-state index contributed by atoms with van der Waals surface area (Å²) in [6, 6.07) is 0. The van der Waals surface area contributed by atoms with Gasteiger partial charge in [-0.3, -0.25) is 9.78 Å². The van der Waals surface area contributed by atoms with Crippen LogP contribution in [0.5, 0.6) is 0 Å². The lowest BCUT2D eigenvalue weighted by Gasteiger charge is -2.05. The van der Waals surface area contributed by atoms with Gasteiger partial charge in [0.05, 0.1) is 12.5 Å². The summed E-state index contributed by atoms with van der Waals surface area (Å²) in [6.45, 7) is 1.45. The van der Waals surface area contributed by atoms with Crippen LogP contribution in [-0.2, 0) is 4.79 Å². The van der Waals surface area contributed by atoms with Gasteiger partial charge in [-0.05, 0) is 6.92 Å². The number of fused-ring (bicyclic) bond motifs is 1. The van der Waals surface area contributed by atoms with Crippen LogP contribution in [0.1, 0.15) is 13.3 Å². The molecule has 2 aromatic rings. The van der Waals surface area contributed by atoms with Crippen molar-refractivity contribution in [3.63, 3.8) is 0 Å². The summed E-state index contributed by atoms with van der Waals surface area (Å²) in [5.74, 6) is -0.786. The van der Waals surface area contributed by atoms with Crippen LogP contribution in [0.4, 0.5) is 5.95 Å². The third-order valence-electron chi connectivity index (χ3n) is 2.06. The van der Waals surface area contributed by atoms with E-state index in [-0.39, 0.29) is 23.5 Å². The summed E-state index contributed by atoms with van der Waals surface area (Å²) >= 11 is 0. The van der Waals surface area contributed by atoms with E-state index in [1.165, 1.54) is 6.92 Å². The first-order valence-corrected chi connectivity index (χ1v) is 5.09. The van der Waals surface area contributed by atoms with Crippen molar-refractivity contribution in [1.82, 2.24) is 19.7 Å². The number of hydrogen-bond donors (Lipinski definition) is 3. The highest BCUT2D eigenvalue weighted by molar-refractivity contribution is 5.73. The second kappa shape index (κ2) is 4.45. The summed E-state index contributed by atoms with van der Waals surface area (Å²) in [5, 5.41) is 9.04. The lowest BCUT2D eigenvalue weighted by atomic mass is 10.3. The Morgan fingerprint density at radius 2 is 2.44 bits per heavy atom. The first-order valence-electron chi connectivity index (χ1n) is 5.09. The number of anilines is 1. The van der Waals surface area contributed by atoms with Crippen molar-refractivity contribution < 1.29 is 14.7 Å². The summed E-state index contributed by atoms with van der Waals surface area (Å²) < 4.78 is 0.936. The number of carbonyl (C=O) groups is 1. The molecule has 18 heavy (non-hydrogen) atoms. The van der Waals surface area contributed by atoms with Gasteiger partial charge in [0, 0.05) is 0 Å². The number of aliphatic hydroxyl groups excluding tert-OH is 1. The van der Waals surface area contributed by atoms with Crippen LogP contribution in [0.2, 0.25) is 0 Å². The molecule has 4 N–H and O–H groups in total. The van der Waals surface area contributed by atoms with Gasteiger partial charge in [0.15, 0.2) is 5.52 Å². The van der Waals surface area contributed by atoms with Crippen molar-refractivity contribution in [3.8, 4) is 0 Å². The molecule has 0 amide bonds. The van der Waals surface area contributed by atoms with Gasteiger partial charge in [-0.2, -0.15) is 4.98 Å². The number of hydrogen-bond acceptors (Lipinski definition) is 7. The van der Waals surface area contributed by atoms with Crippen LogP contribution in [0.15, 0.2) is 11.1 Å². The molecule has 0 fully saturated rings. The standard InChI is InChI=1S/C9H11N5O4/c1-4(15)2-5(16)18-14-3-11-6-7(14)12-9(10)13-8(6)17/h3-4,15H,2H2,1H3,(H3,10,12,13,17). The zero-order chi connectivity index (χ0) is 13.3. The molecule has 2 heterocycles. The van der Waals surface area contributed by atoms with E-state index in [1.807, 2.05) is 0 Å². The van der Waals surface area contributed by atoms with Gasteiger partial charge in [-0.1, -0.05) is 0 Å². The van der Waals surface area contributed by atoms with Crippen LogP contribution in [0.3, 0.4) is 0 Å². The van der Waals surface area contributed by atoms with E-state index in [4.69, 9.17) is 15.7 Å². The molecule has 0 saturated heterocycles. The van der Waals surface area contributed by atoms with E-state index in [0.717, 1.165) is 11.1 Å². The second-order valence-corrected chi connectivity index (χ2v) is 3.71. The van der Waals surface area contributed by atoms with Crippen molar-refractivity contribution >= 4 is 23.1 Å². The fraction of sp³-hybridized carbons (Fsp3) is 0.333. The van der Waals surface area contributed by atoms with Gasteiger partial charge in [0.1, 0.15) is 6.33 Å². The van der Waals surface area contributed by atoms with E-state index in [2.05, 4.69) is 15.0 Å². The second-order valence-electron chi connectivity index (χ2n) is 3.71. The monoisotopic (exact) mass is 253 g/mol. The molecular weight excluding hydrogens is 242 g/mol. The first-order chi connectivity index (χ1) is 8.47. The largest absolute Gasteiger partial charge is 0.393 e. The maximum absolute atomic E-state index is 11.4. The SMILES string of the molecule is CC(O)CC(=O)On1cnc2c(=O)[nH]c(N)nc21. The minimum Gasteiger partial charge on any atom is -0.393 e. The highest BCUT2D eigenvalue weighted by Gasteiger charge is 2.14. The number of nitrogens with zero attached hydrogens (tertiary/aromatic N) is 3. The molecule has 1 unspecified atom stereocenters. The normalized spacial score (nSPS) is 12.6. The number of nitrogens with two attached hydrogens (primary N) is 1. The molecule has 0 bridgehead atoms. The lowest BCUT2D eigenvalue weighted by molar-refractivity contribution is -0.145. The summed E-state index contributed by atoms with van der Waals surface area (Å²) in [5.41, 5.74) is 4.90. The smallest absolute Gasteiger partial charge is 0.335 e. The molecule has 9 heteroatoms. The molecule has 1 atom stereocenters. The van der Waals surface area contributed by atoms with E-state index >= 15 is 0 Å². The number of aromatic amines is 1. The number of rotatable bonds is 3. The Bertz CT molecular complexity index is 644. The molecule has 0 saturated carbocycles. The third kappa shape index (κ3) is 2.30. The predicted molar refractivity (Wildman–Crippen MR) is 60.4 cm³/mol. The molecule has 2 aromatic heterocycles. The maximum atomic E-state index is 11.4. The average Bonchev–Trinajstić information content (AvgIpc) is 2.60. The van der Waals surface area contributed by atoms with Crippen LogP contribution in [0.25, 0.3) is 11.2 Å². The minimum atomic E-state index is -0.825. The van der Waals surface area contributed by atoms with Crippen LogP contribution in [-0.4, -0.2) is 36.9 Å². The quantitative estimate of drug-likeness (QED) is 0.600. The number of imidazole rings is 1. The van der Waals surface area contributed by atoms with Crippen molar-refractivity contribution in [2.75, 3.05) is 5.73 Å². The Hall–Kier alpha value is -2.42. The topological polar surface area (TPSA) is 136 Å². The lowest BCUT2D eigenvalue weighted by Crippen LogP contribution is -2.23. The Labute approximate surface area is 100 Å². The molecule has 0 aromatic carbocycles. The fourth-order valence-corrected chi connectivity index (χ4v) is 1.36. The highest BCUT2D eigenvalue weighted by atomic mass is 16.7. The fourth-order valence-electron chi connectivity index (χ4n) is 1.36. The van der Waals surface area contributed by atoms with E-state index < -0.39 is 17.6 Å². The molecule has 9 nitrogen and oxygen atoms in total. The number of nitrogen functional groups attached to an aromatic ring is 1. The molecule has 2 rings (SSSR count). The predicted octanol–water partition coefficient (Wildman–Crippen LogP) is -1.57. The Balaban J connectivity index is 2.35. The number of carbonyl (C=O) groups excluding carboxylic acids is 1. The molecule has 0 aliphatic carbocycles. The van der Waals surface area contributed by atoms with Gasteiger partial charge < -0.3 is 15.7 Å². The van der Waals surface area contributed by atoms with Crippen molar-refractivity contribution in [1.29, 1.82) is 0 Å². The Morgan fingerprint density at radius 1 is 1.72 bits per heavy atom. The molecule has 96 valence electrons. The number of H-pyrrole nitrogens is 1. The molecule has 0 radical (unpaired) electrons. The first kappa shape index (κ1) is 12.0. The molecule has 0 aliphatic rings. The molecule has 0 spiro atoms. The van der Waals surface area contributed by atoms with E-state index in [0.29, 0.717) is 0 Å². The number of aromatic nitrogens is 4. The van der Waals surface area contributed by atoms with Crippen molar-refractivity contribution in [3.05, 3.63) is 16.7 Å². The minimum absolute atomic E-state index is 0.00838. The van der Waals surface area contributed by atoms with Gasteiger partial charge in [-0.25, -0.2) is 9.78 Å². The molecule has 0 aliphatic heterocycles. The zero-order valence-corrected chi connectivity index (χ0v) is 9.45. The van der Waals surface area contributed by atoms with Gasteiger partial charge >= 0.3 is 5.97 Å². The summed E-state index contributed by atoms with van der Waals surface area (Å²) in [7, 11) is 0. The summed E-state index contributed by atoms with van der Waals surface area (Å²) in [6.07, 6.45) is 0.124. The average molecular weight is 253 g/mol. The maximum Gasteiger partial charge on any atom is 0.335 e.